The Morgan fingerprint density at radius 3 is 2.63 bits per heavy atom. The van der Waals surface area contributed by atoms with Gasteiger partial charge >= 0.3 is 0 Å². The molecule has 1 aromatic heterocycles. The SMILES string of the molecule is CCOc1cncc(N(CC)C2CCC(N)CC2)n1. The Kier molecular flexibility index (Phi) is 4.96. The minimum Gasteiger partial charge on any atom is -0.477 e. The van der Waals surface area contributed by atoms with Crippen molar-refractivity contribution in [3.8, 4) is 5.88 Å². The van der Waals surface area contributed by atoms with Crippen LogP contribution in [0.3, 0.4) is 0 Å². The van der Waals surface area contributed by atoms with Crippen LogP contribution in [0.1, 0.15) is 39.5 Å². The molecule has 0 amide bonds. The number of hydrogen-bond donors (Lipinski definition) is 1. The van der Waals surface area contributed by atoms with Crippen LogP contribution in [0.25, 0.3) is 0 Å². The molecule has 5 heteroatoms. The lowest BCUT2D eigenvalue weighted by molar-refractivity contribution is 0.324. The van der Waals surface area contributed by atoms with Gasteiger partial charge in [-0.1, -0.05) is 0 Å². The average Bonchev–Trinajstić information content (AvgIpc) is 2.43. The van der Waals surface area contributed by atoms with E-state index in [4.69, 9.17) is 10.5 Å². The van der Waals surface area contributed by atoms with Gasteiger partial charge in [0.25, 0.3) is 0 Å². The molecule has 5 nitrogen and oxygen atoms in total. The molecule has 0 atom stereocenters. The molecule has 0 aromatic carbocycles. The molecule has 0 radical (unpaired) electrons. The summed E-state index contributed by atoms with van der Waals surface area (Å²) in [5.41, 5.74) is 5.97. The number of ether oxygens (including phenoxy) is 1. The third-order valence-corrected chi connectivity index (χ3v) is 3.71. The average molecular weight is 264 g/mol. The third kappa shape index (κ3) is 3.56. The third-order valence-electron chi connectivity index (χ3n) is 3.71. The maximum absolute atomic E-state index is 5.97. The number of aromatic nitrogens is 2. The molecule has 1 aromatic rings. The highest BCUT2D eigenvalue weighted by Crippen LogP contribution is 2.26. The van der Waals surface area contributed by atoms with Crippen molar-refractivity contribution >= 4 is 5.82 Å². The minimum absolute atomic E-state index is 0.371. The molecule has 0 spiro atoms. The van der Waals surface area contributed by atoms with Gasteiger partial charge in [0, 0.05) is 18.6 Å². The van der Waals surface area contributed by atoms with E-state index in [-0.39, 0.29) is 0 Å². The highest BCUT2D eigenvalue weighted by atomic mass is 16.5. The van der Waals surface area contributed by atoms with Gasteiger partial charge in [-0.25, -0.2) is 0 Å². The minimum atomic E-state index is 0.371. The normalized spacial score (nSPS) is 23.1. The molecular weight excluding hydrogens is 240 g/mol. The number of anilines is 1. The van der Waals surface area contributed by atoms with Crippen molar-refractivity contribution in [1.29, 1.82) is 0 Å². The number of nitrogens with zero attached hydrogens (tertiary/aromatic N) is 3. The molecule has 0 bridgehead atoms. The second kappa shape index (κ2) is 6.70. The van der Waals surface area contributed by atoms with Crippen LogP contribution in [-0.4, -0.2) is 35.2 Å². The van der Waals surface area contributed by atoms with Crippen molar-refractivity contribution in [1.82, 2.24) is 9.97 Å². The van der Waals surface area contributed by atoms with Crippen molar-refractivity contribution in [2.45, 2.75) is 51.6 Å². The fourth-order valence-electron chi connectivity index (χ4n) is 2.71. The van der Waals surface area contributed by atoms with E-state index in [1.54, 1.807) is 6.20 Å². The van der Waals surface area contributed by atoms with Gasteiger partial charge in [-0.2, -0.15) is 4.98 Å². The predicted molar refractivity (Wildman–Crippen MR) is 76.5 cm³/mol. The largest absolute Gasteiger partial charge is 0.477 e. The van der Waals surface area contributed by atoms with Gasteiger partial charge in [0.05, 0.1) is 19.0 Å². The van der Waals surface area contributed by atoms with E-state index in [0.717, 1.165) is 38.0 Å². The summed E-state index contributed by atoms with van der Waals surface area (Å²) < 4.78 is 5.43. The van der Waals surface area contributed by atoms with E-state index in [0.29, 0.717) is 24.6 Å². The van der Waals surface area contributed by atoms with Crippen LogP contribution in [0.2, 0.25) is 0 Å². The summed E-state index contributed by atoms with van der Waals surface area (Å²) in [7, 11) is 0. The first-order valence-corrected chi connectivity index (χ1v) is 7.21. The molecule has 1 heterocycles. The quantitative estimate of drug-likeness (QED) is 0.881. The second-order valence-corrected chi connectivity index (χ2v) is 5.00. The van der Waals surface area contributed by atoms with Crippen LogP contribution >= 0.6 is 0 Å². The maximum atomic E-state index is 5.97. The molecule has 0 saturated heterocycles. The monoisotopic (exact) mass is 264 g/mol. The lowest BCUT2D eigenvalue weighted by Crippen LogP contribution is -2.41. The second-order valence-electron chi connectivity index (χ2n) is 5.00. The van der Waals surface area contributed by atoms with E-state index in [1.807, 2.05) is 13.1 Å². The first-order valence-electron chi connectivity index (χ1n) is 7.21. The summed E-state index contributed by atoms with van der Waals surface area (Å²) in [6.07, 6.45) is 7.95. The molecule has 1 saturated carbocycles. The molecule has 19 heavy (non-hydrogen) atoms. The number of hydrogen-bond acceptors (Lipinski definition) is 5. The first kappa shape index (κ1) is 14.1. The fraction of sp³-hybridized carbons (Fsp3) is 0.714. The molecule has 1 fully saturated rings. The van der Waals surface area contributed by atoms with Crippen LogP contribution in [0.4, 0.5) is 5.82 Å². The van der Waals surface area contributed by atoms with Crippen LogP contribution in [0, 0.1) is 0 Å². The molecule has 0 unspecified atom stereocenters. The Labute approximate surface area is 115 Å². The highest BCUT2D eigenvalue weighted by molar-refractivity contribution is 5.39. The summed E-state index contributed by atoms with van der Waals surface area (Å²) >= 11 is 0. The summed E-state index contributed by atoms with van der Waals surface area (Å²) in [4.78, 5) is 11.1. The van der Waals surface area contributed by atoms with Crippen molar-refractivity contribution in [3.05, 3.63) is 12.4 Å². The van der Waals surface area contributed by atoms with Crippen molar-refractivity contribution < 1.29 is 4.74 Å². The summed E-state index contributed by atoms with van der Waals surface area (Å²) in [5.74, 6) is 1.51. The van der Waals surface area contributed by atoms with Gasteiger partial charge in [0.1, 0.15) is 0 Å². The summed E-state index contributed by atoms with van der Waals surface area (Å²) in [6.45, 7) is 5.66. The zero-order chi connectivity index (χ0) is 13.7. The van der Waals surface area contributed by atoms with Crippen molar-refractivity contribution in [2.75, 3.05) is 18.1 Å². The number of rotatable bonds is 5. The number of nitrogens with two attached hydrogens (primary N) is 1. The van der Waals surface area contributed by atoms with Gasteiger partial charge < -0.3 is 15.4 Å². The smallest absolute Gasteiger partial charge is 0.234 e. The predicted octanol–water partition coefficient (Wildman–Crippen LogP) is 1.97. The molecule has 2 N–H and O–H groups in total. The summed E-state index contributed by atoms with van der Waals surface area (Å²) in [5, 5.41) is 0. The molecule has 2 rings (SSSR count). The van der Waals surface area contributed by atoms with Crippen LogP contribution in [0.5, 0.6) is 5.88 Å². The van der Waals surface area contributed by atoms with Gasteiger partial charge in [-0.15, -0.1) is 0 Å². The Morgan fingerprint density at radius 1 is 1.26 bits per heavy atom. The lowest BCUT2D eigenvalue weighted by Gasteiger charge is -2.36. The Balaban J connectivity index is 2.10. The Bertz CT molecular complexity index is 391. The fourth-order valence-corrected chi connectivity index (χ4v) is 2.71. The van der Waals surface area contributed by atoms with Crippen LogP contribution < -0.4 is 15.4 Å². The van der Waals surface area contributed by atoms with Gasteiger partial charge in [0.2, 0.25) is 5.88 Å². The van der Waals surface area contributed by atoms with E-state index in [2.05, 4.69) is 21.8 Å². The van der Waals surface area contributed by atoms with Gasteiger partial charge in [-0.05, 0) is 39.5 Å². The topological polar surface area (TPSA) is 64.3 Å². The van der Waals surface area contributed by atoms with Gasteiger partial charge in [-0.3, -0.25) is 4.98 Å². The van der Waals surface area contributed by atoms with E-state index < -0.39 is 0 Å². The standard InChI is InChI=1S/C14H24N4O/c1-3-18(12-7-5-11(15)6-8-12)13-9-16-10-14(17-13)19-4-2/h9-12H,3-8,15H2,1-2H3. The van der Waals surface area contributed by atoms with Crippen molar-refractivity contribution in [2.24, 2.45) is 5.73 Å². The zero-order valence-corrected chi connectivity index (χ0v) is 11.9. The zero-order valence-electron chi connectivity index (χ0n) is 11.9. The molecule has 1 aliphatic carbocycles. The van der Waals surface area contributed by atoms with E-state index in [1.165, 1.54) is 0 Å². The lowest BCUT2D eigenvalue weighted by atomic mass is 9.91. The molecule has 0 aliphatic heterocycles. The molecule has 1 aliphatic rings. The van der Waals surface area contributed by atoms with Gasteiger partial charge in [0.15, 0.2) is 5.82 Å². The van der Waals surface area contributed by atoms with Crippen LogP contribution in [0.15, 0.2) is 12.4 Å². The summed E-state index contributed by atoms with van der Waals surface area (Å²) in [6, 6.07) is 0.895. The van der Waals surface area contributed by atoms with E-state index >= 15 is 0 Å². The van der Waals surface area contributed by atoms with Crippen molar-refractivity contribution in [3.63, 3.8) is 0 Å². The maximum Gasteiger partial charge on any atom is 0.234 e. The molecular formula is C14H24N4O. The highest BCUT2D eigenvalue weighted by Gasteiger charge is 2.24. The van der Waals surface area contributed by atoms with Crippen LogP contribution in [-0.2, 0) is 0 Å². The first-order chi connectivity index (χ1) is 9.24. The Morgan fingerprint density at radius 2 is 2.00 bits per heavy atom. The Hall–Kier alpha value is -1.36. The van der Waals surface area contributed by atoms with E-state index in [9.17, 15) is 0 Å². The molecule has 106 valence electrons.